The third-order valence-electron chi connectivity index (χ3n) is 5.87. The number of hydrogen-bond donors (Lipinski definition) is 2. The summed E-state index contributed by atoms with van der Waals surface area (Å²) in [6.45, 7) is 5.60. The molecule has 2 N–H and O–H groups in total. The normalized spacial score (nSPS) is 18.4. The van der Waals surface area contributed by atoms with Crippen LogP contribution in [0.1, 0.15) is 31.6 Å². The zero-order valence-electron chi connectivity index (χ0n) is 16.4. The van der Waals surface area contributed by atoms with Crippen molar-refractivity contribution in [2.45, 2.75) is 32.9 Å². The quantitative estimate of drug-likeness (QED) is 0.812. The van der Waals surface area contributed by atoms with Crippen molar-refractivity contribution in [3.63, 3.8) is 0 Å². The van der Waals surface area contributed by atoms with Crippen molar-refractivity contribution in [1.29, 1.82) is 0 Å². The summed E-state index contributed by atoms with van der Waals surface area (Å²) in [5, 5.41) is 13.8. The minimum absolute atomic E-state index is 0. The summed E-state index contributed by atoms with van der Waals surface area (Å²) >= 11 is 0. The van der Waals surface area contributed by atoms with E-state index in [0.717, 1.165) is 54.4 Å². The number of nitrogens with one attached hydrogen (secondary N) is 1. The van der Waals surface area contributed by atoms with Gasteiger partial charge in [-0.1, -0.05) is 31.7 Å². The van der Waals surface area contributed by atoms with Crippen LogP contribution in [0.15, 0.2) is 42.5 Å². The molecule has 0 spiro atoms. The van der Waals surface area contributed by atoms with Gasteiger partial charge in [-0.05, 0) is 36.2 Å². The first kappa shape index (κ1) is 21.1. The second kappa shape index (κ2) is 8.84. The fourth-order valence-electron chi connectivity index (χ4n) is 4.17. The van der Waals surface area contributed by atoms with Crippen LogP contribution in [0.3, 0.4) is 0 Å². The lowest BCUT2D eigenvalue weighted by Gasteiger charge is -2.40. The maximum atomic E-state index is 11.6. The van der Waals surface area contributed by atoms with Crippen LogP contribution in [0.4, 0.5) is 11.4 Å². The second-order valence-electron chi connectivity index (χ2n) is 7.52. The lowest BCUT2D eigenvalue weighted by molar-refractivity contribution is -0.115. The molecule has 1 amide bonds. The Hall–Kier alpha value is -2.57. The number of hydrogen-bond acceptors (Lipinski definition) is 5. The lowest BCUT2D eigenvalue weighted by atomic mass is 9.98. The van der Waals surface area contributed by atoms with E-state index in [2.05, 4.69) is 28.1 Å². The van der Waals surface area contributed by atoms with Gasteiger partial charge in [-0.15, -0.1) is 0 Å². The molecule has 2 aliphatic heterocycles. The van der Waals surface area contributed by atoms with Gasteiger partial charge >= 0.3 is 0 Å². The van der Waals surface area contributed by atoms with E-state index in [0.29, 0.717) is 6.42 Å². The fourth-order valence-corrected chi connectivity index (χ4v) is 4.17. The Morgan fingerprint density at radius 2 is 1.83 bits per heavy atom. The molecule has 1 saturated heterocycles. The summed E-state index contributed by atoms with van der Waals surface area (Å²) in [6.07, 6.45) is -0.194. The van der Waals surface area contributed by atoms with Gasteiger partial charge in [0, 0.05) is 37.9 Å². The van der Waals surface area contributed by atoms with Crippen molar-refractivity contribution in [2.75, 3.05) is 43.5 Å². The highest BCUT2D eigenvalue weighted by Gasteiger charge is 2.28. The molecule has 6 heteroatoms. The summed E-state index contributed by atoms with van der Waals surface area (Å²) in [4.78, 5) is 16.2. The molecule has 2 unspecified atom stereocenters. The molecule has 2 aromatic rings. The van der Waals surface area contributed by atoms with Gasteiger partial charge in [0.05, 0.1) is 25.3 Å². The van der Waals surface area contributed by atoms with Crippen LogP contribution in [0.5, 0.6) is 5.75 Å². The van der Waals surface area contributed by atoms with Gasteiger partial charge in [-0.25, -0.2) is 0 Å². The lowest BCUT2D eigenvalue weighted by Crippen LogP contribution is -2.51. The molecule has 156 valence electrons. The molecule has 6 nitrogen and oxygen atoms in total. The highest BCUT2D eigenvalue weighted by atomic mass is 16.5. The molecule has 0 aliphatic carbocycles. The molecular formula is C23H31N3O3. The number of ether oxygens (including phenoxy) is 1. The molecule has 2 atom stereocenters. The Morgan fingerprint density at radius 1 is 1.10 bits per heavy atom. The Balaban J connectivity index is 0.00000240. The van der Waals surface area contributed by atoms with Crippen LogP contribution in [-0.4, -0.2) is 55.2 Å². The largest absolute Gasteiger partial charge is 0.495 e. The number of nitrogens with zero attached hydrogens (tertiary/aromatic N) is 2. The number of carbonyl (C=O) groups excluding carboxylic acids is 1. The summed E-state index contributed by atoms with van der Waals surface area (Å²) < 4.78 is 5.49. The number of anilines is 2. The number of benzene rings is 2. The molecule has 2 heterocycles. The molecule has 2 aromatic carbocycles. The minimum Gasteiger partial charge on any atom is -0.495 e. The van der Waals surface area contributed by atoms with Crippen LogP contribution in [0, 0.1) is 0 Å². The number of amides is 1. The Bertz CT molecular complexity index is 862. The Morgan fingerprint density at radius 3 is 2.55 bits per heavy atom. The zero-order valence-corrected chi connectivity index (χ0v) is 16.4. The van der Waals surface area contributed by atoms with E-state index in [4.69, 9.17) is 4.74 Å². The van der Waals surface area contributed by atoms with Crippen LogP contribution in [-0.2, 0) is 11.2 Å². The van der Waals surface area contributed by atoms with Crippen LogP contribution >= 0.6 is 0 Å². The molecule has 0 aromatic heterocycles. The van der Waals surface area contributed by atoms with Gasteiger partial charge in [-0.3, -0.25) is 9.69 Å². The van der Waals surface area contributed by atoms with Crippen LogP contribution in [0.2, 0.25) is 0 Å². The second-order valence-corrected chi connectivity index (χ2v) is 7.52. The highest BCUT2D eigenvalue weighted by Crippen LogP contribution is 2.31. The van der Waals surface area contributed by atoms with E-state index < -0.39 is 6.10 Å². The third-order valence-corrected chi connectivity index (χ3v) is 5.87. The third kappa shape index (κ3) is 4.23. The highest BCUT2D eigenvalue weighted by molar-refractivity contribution is 5.99. The van der Waals surface area contributed by atoms with E-state index in [1.807, 2.05) is 36.4 Å². The molecule has 4 rings (SSSR count). The standard InChI is InChI=1S/C22H27N3O3.CH4/c1-15(22(27)16-7-8-18-17(13-16)14-21(26)23-18)24-9-11-25(12-10-24)19-5-3-4-6-20(19)28-2;/h3-8,13,15,22,27H,9-12,14H2,1-2H3,(H,23,26);1H4. The molecule has 2 aliphatic rings. The predicted octanol–water partition coefficient (Wildman–Crippen LogP) is 3.07. The SMILES string of the molecule is C.COc1ccccc1N1CCN(C(C)C(O)c2ccc3c(c2)CC(=O)N3)CC1. The average Bonchev–Trinajstić information content (AvgIpc) is 3.12. The van der Waals surface area contributed by atoms with Crippen LogP contribution in [0.25, 0.3) is 0 Å². The number of aliphatic hydroxyl groups is 1. The number of para-hydroxylation sites is 2. The van der Waals surface area contributed by atoms with E-state index in [1.165, 1.54) is 0 Å². The van der Waals surface area contributed by atoms with Crippen molar-refractivity contribution < 1.29 is 14.6 Å². The van der Waals surface area contributed by atoms with Gasteiger partial charge in [0.15, 0.2) is 0 Å². The van der Waals surface area contributed by atoms with Gasteiger partial charge in [-0.2, -0.15) is 0 Å². The monoisotopic (exact) mass is 397 g/mol. The van der Waals surface area contributed by atoms with E-state index in [-0.39, 0.29) is 19.4 Å². The summed E-state index contributed by atoms with van der Waals surface area (Å²) in [5.41, 5.74) is 3.82. The van der Waals surface area contributed by atoms with Crippen molar-refractivity contribution in [2.24, 2.45) is 0 Å². The Kier molecular flexibility index (Phi) is 6.45. The van der Waals surface area contributed by atoms with Gasteiger partial charge < -0.3 is 20.1 Å². The smallest absolute Gasteiger partial charge is 0.228 e. The van der Waals surface area contributed by atoms with E-state index in [1.54, 1.807) is 7.11 Å². The van der Waals surface area contributed by atoms with E-state index in [9.17, 15) is 9.90 Å². The molecule has 0 bridgehead atoms. The zero-order chi connectivity index (χ0) is 19.7. The number of methoxy groups -OCH3 is 1. The minimum atomic E-state index is -0.584. The van der Waals surface area contributed by atoms with Gasteiger partial charge in [0.2, 0.25) is 5.91 Å². The number of aliphatic hydroxyl groups excluding tert-OH is 1. The van der Waals surface area contributed by atoms with Crippen molar-refractivity contribution in [3.8, 4) is 5.75 Å². The number of carbonyl (C=O) groups is 1. The molecule has 0 radical (unpaired) electrons. The number of rotatable bonds is 5. The van der Waals surface area contributed by atoms with E-state index >= 15 is 0 Å². The number of fused-ring (bicyclic) bond motifs is 1. The van der Waals surface area contributed by atoms with Crippen molar-refractivity contribution >= 4 is 17.3 Å². The molecule has 29 heavy (non-hydrogen) atoms. The first-order valence-corrected chi connectivity index (χ1v) is 9.79. The van der Waals surface area contributed by atoms with Gasteiger partial charge in [0.25, 0.3) is 0 Å². The summed E-state index contributed by atoms with van der Waals surface area (Å²) in [6, 6.07) is 13.9. The fraction of sp³-hybridized carbons (Fsp3) is 0.435. The average molecular weight is 398 g/mol. The van der Waals surface area contributed by atoms with Crippen LogP contribution < -0.4 is 15.0 Å². The topological polar surface area (TPSA) is 65.0 Å². The predicted molar refractivity (Wildman–Crippen MR) is 117 cm³/mol. The summed E-state index contributed by atoms with van der Waals surface area (Å²) in [7, 11) is 1.70. The number of piperazine rings is 1. The molecule has 0 saturated carbocycles. The molecule has 1 fully saturated rings. The molecular weight excluding hydrogens is 366 g/mol. The maximum absolute atomic E-state index is 11.6. The summed E-state index contributed by atoms with van der Waals surface area (Å²) in [5.74, 6) is 0.910. The first-order valence-electron chi connectivity index (χ1n) is 9.79. The Labute approximate surface area is 173 Å². The maximum Gasteiger partial charge on any atom is 0.228 e. The van der Waals surface area contributed by atoms with Crippen molar-refractivity contribution in [1.82, 2.24) is 4.90 Å². The van der Waals surface area contributed by atoms with Gasteiger partial charge in [0.1, 0.15) is 5.75 Å². The van der Waals surface area contributed by atoms with Crippen molar-refractivity contribution in [3.05, 3.63) is 53.6 Å². The first-order chi connectivity index (χ1) is 13.6.